The summed E-state index contributed by atoms with van der Waals surface area (Å²) in [7, 11) is 1.57. The summed E-state index contributed by atoms with van der Waals surface area (Å²) in [4.78, 5) is 11.4. The topological polar surface area (TPSA) is 35.5 Å². The monoisotopic (exact) mass is 168 g/mol. The second-order valence-corrected chi connectivity index (χ2v) is 3.34. The number of carbonyl (C=O) groups is 1. The van der Waals surface area contributed by atoms with Gasteiger partial charge in [0.05, 0.1) is 26.6 Å². The lowest BCUT2D eigenvalue weighted by atomic mass is 9.98. The van der Waals surface area contributed by atoms with Gasteiger partial charge in [0.25, 0.3) is 0 Å². The molecule has 1 heterocycles. The molecule has 0 spiro atoms. The third kappa shape index (κ3) is 1.05. The van der Waals surface area contributed by atoms with Gasteiger partial charge in [-0.15, -0.1) is 0 Å². The van der Waals surface area contributed by atoms with E-state index in [2.05, 4.69) is 0 Å². The predicted molar refractivity (Wildman–Crippen MR) is 42.5 cm³/mol. The molecule has 2 unspecified atom stereocenters. The summed E-state index contributed by atoms with van der Waals surface area (Å²) in [5.41, 5.74) is 0.819. The van der Waals surface area contributed by atoms with Crippen LogP contribution in [0.4, 0.5) is 0 Å². The first kappa shape index (κ1) is 7.80. The Morgan fingerprint density at radius 3 is 3.17 bits per heavy atom. The number of fused-ring (bicyclic) bond motifs is 1. The lowest BCUT2D eigenvalue weighted by Crippen LogP contribution is -2.06. The number of methoxy groups -OCH3 is 1. The van der Waals surface area contributed by atoms with Crippen LogP contribution in [0.2, 0.25) is 0 Å². The van der Waals surface area contributed by atoms with Crippen LogP contribution in [0.25, 0.3) is 0 Å². The number of ketones is 1. The van der Waals surface area contributed by atoms with E-state index in [-0.39, 0.29) is 5.78 Å². The highest BCUT2D eigenvalue weighted by atomic mass is 16.5. The lowest BCUT2D eigenvalue weighted by Gasteiger charge is -2.04. The van der Waals surface area contributed by atoms with E-state index < -0.39 is 0 Å². The van der Waals surface area contributed by atoms with Gasteiger partial charge in [0.1, 0.15) is 0 Å². The van der Waals surface area contributed by atoms with Crippen molar-refractivity contribution < 1.29 is 14.3 Å². The third-order valence-corrected chi connectivity index (χ3v) is 2.61. The molecule has 0 amide bonds. The first-order valence-corrected chi connectivity index (χ1v) is 4.16. The fraction of sp³-hybridized carbons (Fsp3) is 0.667. The van der Waals surface area contributed by atoms with Gasteiger partial charge in [-0.3, -0.25) is 4.79 Å². The second kappa shape index (κ2) is 2.90. The number of Topliss-reactive ketones (excluding diaryl/α,β-unsaturated/α-hetero) is 1. The van der Waals surface area contributed by atoms with Gasteiger partial charge >= 0.3 is 0 Å². The van der Waals surface area contributed by atoms with Crippen LogP contribution in [0, 0.1) is 11.8 Å². The SMILES string of the molecule is CO/C=C1/C(=O)CC2COCC12. The maximum Gasteiger partial charge on any atom is 0.162 e. The van der Waals surface area contributed by atoms with E-state index in [9.17, 15) is 4.79 Å². The highest BCUT2D eigenvalue weighted by Gasteiger charge is 2.41. The third-order valence-electron chi connectivity index (χ3n) is 2.61. The van der Waals surface area contributed by atoms with Crippen molar-refractivity contribution >= 4 is 5.78 Å². The van der Waals surface area contributed by atoms with Gasteiger partial charge in [0.2, 0.25) is 0 Å². The van der Waals surface area contributed by atoms with E-state index in [0.717, 1.165) is 12.2 Å². The molecular weight excluding hydrogens is 156 g/mol. The first-order valence-electron chi connectivity index (χ1n) is 4.16. The molecule has 0 N–H and O–H groups in total. The highest BCUT2D eigenvalue weighted by Crippen LogP contribution is 2.38. The maximum absolute atomic E-state index is 11.4. The average molecular weight is 168 g/mol. The molecule has 2 aliphatic rings. The zero-order valence-corrected chi connectivity index (χ0v) is 7.08. The summed E-state index contributed by atoms with van der Waals surface area (Å²) in [5.74, 6) is 0.950. The van der Waals surface area contributed by atoms with Crippen LogP contribution in [0.5, 0.6) is 0 Å². The van der Waals surface area contributed by atoms with Crippen molar-refractivity contribution in [2.45, 2.75) is 6.42 Å². The largest absolute Gasteiger partial charge is 0.504 e. The molecule has 0 radical (unpaired) electrons. The Labute approximate surface area is 71.3 Å². The number of rotatable bonds is 1. The molecule has 2 atom stereocenters. The Hall–Kier alpha value is -0.830. The Balaban J connectivity index is 2.21. The Kier molecular flexibility index (Phi) is 1.89. The van der Waals surface area contributed by atoms with Crippen LogP contribution in [0.15, 0.2) is 11.8 Å². The Bertz CT molecular complexity index is 232. The summed E-state index contributed by atoms with van der Waals surface area (Å²) in [6.07, 6.45) is 2.21. The van der Waals surface area contributed by atoms with E-state index in [4.69, 9.17) is 9.47 Å². The molecular formula is C9H12O3. The average Bonchev–Trinajstić information content (AvgIpc) is 2.56. The van der Waals surface area contributed by atoms with Gasteiger partial charge in [-0.25, -0.2) is 0 Å². The molecule has 0 aromatic carbocycles. The van der Waals surface area contributed by atoms with Crippen molar-refractivity contribution in [3.05, 3.63) is 11.8 Å². The number of hydrogen-bond donors (Lipinski definition) is 0. The van der Waals surface area contributed by atoms with Crippen molar-refractivity contribution in [2.75, 3.05) is 20.3 Å². The van der Waals surface area contributed by atoms with Gasteiger partial charge in [-0.05, 0) is 5.92 Å². The van der Waals surface area contributed by atoms with Crippen molar-refractivity contribution in [1.29, 1.82) is 0 Å². The summed E-state index contributed by atoms with van der Waals surface area (Å²) < 4.78 is 10.2. The number of carbonyl (C=O) groups excluding carboxylic acids is 1. The van der Waals surface area contributed by atoms with Crippen molar-refractivity contribution in [2.24, 2.45) is 11.8 Å². The van der Waals surface area contributed by atoms with Crippen LogP contribution in [0.3, 0.4) is 0 Å². The molecule has 3 nitrogen and oxygen atoms in total. The standard InChI is InChI=1S/C9H12O3/c1-11-4-8-7-5-12-3-6(7)2-9(8)10/h4,6-7H,2-3,5H2,1H3/b8-4+. The van der Waals surface area contributed by atoms with Gasteiger partial charge < -0.3 is 9.47 Å². The molecule has 0 aromatic heterocycles. The highest BCUT2D eigenvalue weighted by molar-refractivity contribution is 5.98. The van der Waals surface area contributed by atoms with Crippen LogP contribution >= 0.6 is 0 Å². The van der Waals surface area contributed by atoms with Gasteiger partial charge in [0, 0.05) is 17.9 Å². The van der Waals surface area contributed by atoms with E-state index in [1.54, 1.807) is 13.4 Å². The van der Waals surface area contributed by atoms with Gasteiger partial charge in [-0.1, -0.05) is 0 Å². The van der Waals surface area contributed by atoms with Crippen molar-refractivity contribution in [3.63, 3.8) is 0 Å². The molecule has 1 saturated carbocycles. The Morgan fingerprint density at radius 1 is 1.58 bits per heavy atom. The summed E-state index contributed by atoms with van der Waals surface area (Å²) in [6, 6.07) is 0. The fourth-order valence-electron chi connectivity index (χ4n) is 1.99. The summed E-state index contributed by atoms with van der Waals surface area (Å²) >= 11 is 0. The van der Waals surface area contributed by atoms with E-state index in [0.29, 0.717) is 24.9 Å². The molecule has 1 aliphatic carbocycles. The molecule has 3 heteroatoms. The van der Waals surface area contributed by atoms with Gasteiger partial charge in [-0.2, -0.15) is 0 Å². The molecule has 12 heavy (non-hydrogen) atoms. The predicted octanol–water partition coefficient (Wildman–Crippen LogP) is 0.752. The minimum Gasteiger partial charge on any atom is -0.504 e. The molecule has 2 fully saturated rings. The minimum atomic E-state index is 0.232. The van der Waals surface area contributed by atoms with E-state index in [1.807, 2.05) is 0 Å². The summed E-state index contributed by atoms with van der Waals surface area (Å²) in [5, 5.41) is 0. The molecule has 2 rings (SSSR count). The van der Waals surface area contributed by atoms with Crippen molar-refractivity contribution in [1.82, 2.24) is 0 Å². The van der Waals surface area contributed by atoms with Crippen LogP contribution < -0.4 is 0 Å². The van der Waals surface area contributed by atoms with Crippen LogP contribution in [-0.2, 0) is 14.3 Å². The lowest BCUT2D eigenvalue weighted by molar-refractivity contribution is -0.115. The second-order valence-electron chi connectivity index (χ2n) is 3.34. The fourth-order valence-corrected chi connectivity index (χ4v) is 1.99. The van der Waals surface area contributed by atoms with Crippen LogP contribution in [-0.4, -0.2) is 26.1 Å². The maximum atomic E-state index is 11.4. The molecule has 0 aromatic rings. The number of ether oxygens (including phenoxy) is 2. The normalized spacial score (nSPS) is 37.4. The molecule has 0 bridgehead atoms. The van der Waals surface area contributed by atoms with E-state index >= 15 is 0 Å². The zero-order valence-electron chi connectivity index (χ0n) is 7.08. The quantitative estimate of drug-likeness (QED) is 0.428. The van der Waals surface area contributed by atoms with Crippen LogP contribution in [0.1, 0.15) is 6.42 Å². The molecule has 66 valence electrons. The first-order chi connectivity index (χ1) is 5.83. The minimum absolute atomic E-state index is 0.232. The molecule has 1 aliphatic heterocycles. The van der Waals surface area contributed by atoms with E-state index in [1.165, 1.54) is 0 Å². The molecule has 1 saturated heterocycles. The van der Waals surface area contributed by atoms with Gasteiger partial charge in [0.15, 0.2) is 5.78 Å². The number of hydrogen-bond acceptors (Lipinski definition) is 3. The zero-order chi connectivity index (χ0) is 8.55. The summed E-state index contributed by atoms with van der Waals surface area (Å²) in [6.45, 7) is 1.42. The smallest absolute Gasteiger partial charge is 0.162 e. The Morgan fingerprint density at radius 2 is 2.42 bits per heavy atom. The van der Waals surface area contributed by atoms with Crippen molar-refractivity contribution in [3.8, 4) is 0 Å².